The van der Waals surface area contributed by atoms with Crippen LogP contribution >= 0.6 is 0 Å². The van der Waals surface area contributed by atoms with Gasteiger partial charge in [-0.25, -0.2) is 18.1 Å². The molecule has 0 spiro atoms. The number of hydrogen-bond acceptors (Lipinski definition) is 4. The second-order valence-corrected chi connectivity index (χ2v) is 6.83. The number of nitrogens with zero attached hydrogens (tertiary/aromatic N) is 2. The molecule has 1 aromatic heterocycles. The molecular formula is C12H16F3N3O2S. The van der Waals surface area contributed by atoms with Crippen LogP contribution in [0.5, 0.6) is 0 Å². The molecule has 0 amide bonds. The van der Waals surface area contributed by atoms with Crippen LogP contribution in [-0.2, 0) is 16.2 Å². The van der Waals surface area contributed by atoms with Gasteiger partial charge in [0.05, 0.1) is 6.26 Å². The van der Waals surface area contributed by atoms with E-state index >= 15 is 0 Å². The standard InChI is InChI=1S/C12H16F3N3O2S/c1-21(19,20)17-9-4-3-7-18(8-9)11-6-2-5-10(16-11)12(13,14)15/h2,5-6,9,17H,3-4,7-8H2,1H3. The third-order valence-corrected chi connectivity index (χ3v) is 3.91. The molecule has 1 aliphatic heterocycles. The van der Waals surface area contributed by atoms with Crippen molar-refractivity contribution < 1.29 is 21.6 Å². The topological polar surface area (TPSA) is 62.3 Å². The third-order valence-electron chi connectivity index (χ3n) is 3.15. The molecule has 1 fully saturated rings. The normalized spacial score (nSPS) is 20.6. The van der Waals surface area contributed by atoms with Gasteiger partial charge in [-0.15, -0.1) is 0 Å². The lowest BCUT2D eigenvalue weighted by Gasteiger charge is -2.33. The number of anilines is 1. The molecule has 118 valence electrons. The Balaban J connectivity index is 2.15. The highest BCUT2D eigenvalue weighted by Gasteiger charge is 2.33. The van der Waals surface area contributed by atoms with Gasteiger partial charge in [-0.05, 0) is 25.0 Å². The van der Waals surface area contributed by atoms with Gasteiger partial charge < -0.3 is 4.90 Å². The van der Waals surface area contributed by atoms with Crippen molar-refractivity contribution in [3.8, 4) is 0 Å². The number of nitrogens with one attached hydrogen (secondary N) is 1. The number of alkyl halides is 3. The minimum atomic E-state index is -4.49. The molecule has 21 heavy (non-hydrogen) atoms. The zero-order valence-electron chi connectivity index (χ0n) is 11.4. The van der Waals surface area contributed by atoms with Gasteiger partial charge in [0.2, 0.25) is 10.0 Å². The van der Waals surface area contributed by atoms with Crippen molar-refractivity contribution in [1.29, 1.82) is 0 Å². The molecule has 1 aromatic rings. The van der Waals surface area contributed by atoms with E-state index in [4.69, 9.17) is 0 Å². The molecule has 0 radical (unpaired) electrons. The summed E-state index contributed by atoms with van der Waals surface area (Å²) in [5.74, 6) is 0.213. The number of sulfonamides is 1. The van der Waals surface area contributed by atoms with E-state index in [2.05, 4.69) is 9.71 Å². The lowest BCUT2D eigenvalue weighted by Crippen LogP contribution is -2.47. The first-order valence-corrected chi connectivity index (χ1v) is 8.31. The quantitative estimate of drug-likeness (QED) is 0.918. The molecule has 1 saturated heterocycles. The Hall–Kier alpha value is -1.35. The summed E-state index contributed by atoms with van der Waals surface area (Å²) in [5, 5.41) is 0. The first-order chi connectivity index (χ1) is 9.65. The molecule has 5 nitrogen and oxygen atoms in total. The van der Waals surface area contributed by atoms with Crippen molar-refractivity contribution in [2.24, 2.45) is 0 Å². The molecule has 0 bridgehead atoms. The Bertz CT molecular complexity index is 604. The number of rotatable bonds is 3. The second-order valence-electron chi connectivity index (χ2n) is 5.05. The lowest BCUT2D eigenvalue weighted by atomic mass is 10.1. The smallest absolute Gasteiger partial charge is 0.355 e. The van der Waals surface area contributed by atoms with Crippen LogP contribution in [0, 0.1) is 0 Å². The zero-order chi connectivity index (χ0) is 15.7. The molecule has 2 heterocycles. The van der Waals surface area contributed by atoms with Gasteiger partial charge in [0.1, 0.15) is 11.5 Å². The fraction of sp³-hybridized carbons (Fsp3) is 0.583. The Morgan fingerprint density at radius 3 is 2.71 bits per heavy atom. The molecule has 0 aromatic carbocycles. The molecule has 9 heteroatoms. The summed E-state index contributed by atoms with van der Waals surface area (Å²) in [6.45, 7) is 0.859. The maximum atomic E-state index is 12.7. The summed E-state index contributed by atoms with van der Waals surface area (Å²) in [7, 11) is -3.34. The third kappa shape index (κ3) is 4.57. The molecule has 1 atom stereocenters. The van der Waals surface area contributed by atoms with Crippen LogP contribution in [0.15, 0.2) is 18.2 Å². The first kappa shape index (κ1) is 16.0. The highest BCUT2D eigenvalue weighted by Crippen LogP contribution is 2.29. The maximum Gasteiger partial charge on any atom is 0.433 e. The zero-order valence-corrected chi connectivity index (χ0v) is 12.2. The van der Waals surface area contributed by atoms with Crippen molar-refractivity contribution in [2.75, 3.05) is 24.2 Å². The van der Waals surface area contributed by atoms with Gasteiger partial charge in [-0.2, -0.15) is 13.2 Å². The summed E-state index contributed by atoms with van der Waals surface area (Å²) >= 11 is 0. The first-order valence-electron chi connectivity index (χ1n) is 6.42. The van der Waals surface area contributed by atoms with Gasteiger partial charge in [-0.1, -0.05) is 6.07 Å². The second kappa shape index (κ2) is 5.80. The molecule has 2 rings (SSSR count). The molecule has 1 N–H and O–H groups in total. The Morgan fingerprint density at radius 1 is 1.38 bits per heavy atom. The van der Waals surface area contributed by atoms with Crippen LogP contribution in [0.4, 0.5) is 19.0 Å². The summed E-state index contributed by atoms with van der Waals surface area (Å²) in [4.78, 5) is 5.29. The summed E-state index contributed by atoms with van der Waals surface area (Å²) in [5.41, 5.74) is -0.946. The average molecular weight is 323 g/mol. The van der Waals surface area contributed by atoms with Crippen LogP contribution in [0.3, 0.4) is 0 Å². The van der Waals surface area contributed by atoms with Crippen LogP contribution in [-0.4, -0.2) is 38.8 Å². The Kier molecular flexibility index (Phi) is 4.43. The largest absolute Gasteiger partial charge is 0.433 e. The van der Waals surface area contributed by atoms with E-state index in [0.29, 0.717) is 25.9 Å². The van der Waals surface area contributed by atoms with Crippen molar-refractivity contribution in [3.05, 3.63) is 23.9 Å². The number of piperidine rings is 1. The van der Waals surface area contributed by atoms with Crippen molar-refractivity contribution in [3.63, 3.8) is 0 Å². The van der Waals surface area contributed by atoms with Crippen molar-refractivity contribution in [2.45, 2.75) is 25.1 Å². The van der Waals surface area contributed by atoms with E-state index in [9.17, 15) is 21.6 Å². The summed E-state index contributed by atoms with van der Waals surface area (Å²) in [6, 6.07) is 3.40. The van der Waals surface area contributed by atoms with Crippen LogP contribution in [0.2, 0.25) is 0 Å². The highest BCUT2D eigenvalue weighted by molar-refractivity contribution is 7.88. The minimum Gasteiger partial charge on any atom is -0.355 e. The summed E-state index contributed by atoms with van der Waals surface area (Å²) < 4.78 is 62.9. The van der Waals surface area contributed by atoms with Crippen LogP contribution < -0.4 is 9.62 Å². The van der Waals surface area contributed by atoms with Crippen molar-refractivity contribution >= 4 is 15.8 Å². The number of halogens is 3. The highest BCUT2D eigenvalue weighted by atomic mass is 32.2. The minimum absolute atomic E-state index is 0.213. The van der Waals surface area contributed by atoms with E-state index in [1.54, 1.807) is 4.90 Å². The van der Waals surface area contributed by atoms with Gasteiger partial charge in [-0.3, -0.25) is 0 Å². The number of aromatic nitrogens is 1. The van der Waals surface area contributed by atoms with Gasteiger partial charge >= 0.3 is 6.18 Å². The van der Waals surface area contributed by atoms with E-state index in [1.807, 2.05) is 0 Å². The summed E-state index contributed by atoms with van der Waals surface area (Å²) in [6.07, 6.45) is -2.08. The van der Waals surface area contributed by atoms with Crippen molar-refractivity contribution in [1.82, 2.24) is 9.71 Å². The fourth-order valence-electron chi connectivity index (χ4n) is 2.34. The lowest BCUT2D eigenvalue weighted by molar-refractivity contribution is -0.141. The SMILES string of the molecule is CS(=O)(=O)NC1CCCN(c2cccc(C(F)(F)F)n2)C1. The monoisotopic (exact) mass is 323 g/mol. The molecule has 0 aliphatic carbocycles. The van der Waals surface area contributed by atoms with E-state index in [1.165, 1.54) is 12.1 Å². The predicted molar refractivity (Wildman–Crippen MR) is 72.5 cm³/mol. The maximum absolute atomic E-state index is 12.7. The van der Waals surface area contributed by atoms with Gasteiger partial charge in [0, 0.05) is 19.1 Å². The van der Waals surface area contributed by atoms with Gasteiger partial charge in [0.15, 0.2) is 0 Å². The Labute approximate surface area is 121 Å². The van der Waals surface area contributed by atoms with Crippen LogP contribution in [0.1, 0.15) is 18.5 Å². The molecule has 0 saturated carbocycles. The van der Waals surface area contributed by atoms with E-state index in [0.717, 1.165) is 12.3 Å². The molecular weight excluding hydrogens is 307 g/mol. The average Bonchev–Trinajstić information content (AvgIpc) is 2.36. The Morgan fingerprint density at radius 2 is 2.10 bits per heavy atom. The van der Waals surface area contributed by atoms with E-state index < -0.39 is 21.9 Å². The van der Waals surface area contributed by atoms with Crippen LogP contribution in [0.25, 0.3) is 0 Å². The predicted octanol–water partition coefficient (Wildman–Crippen LogP) is 1.62. The number of pyridine rings is 1. The molecule has 1 unspecified atom stereocenters. The fourth-order valence-corrected chi connectivity index (χ4v) is 3.14. The molecule has 1 aliphatic rings. The number of hydrogen-bond donors (Lipinski definition) is 1. The van der Waals surface area contributed by atoms with Gasteiger partial charge in [0.25, 0.3) is 0 Å². The van der Waals surface area contributed by atoms with E-state index in [-0.39, 0.29) is 11.9 Å².